The zero-order valence-electron chi connectivity index (χ0n) is 13.2. The van der Waals surface area contributed by atoms with Crippen molar-refractivity contribution in [3.8, 4) is 12.1 Å². The van der Waals surface area contributed by atoms with E-state index in [1.54, 1.807) is 6.92 Å². The Labute approximate surface area is 131 Å². The Morgan fingerprint density at radius 3 is 2.95 bits per heavy atom. The molecule has 2 atom stereocenters. The van der Waals surface area contributed by atoms with E-state index in [-0.39, 0.29) is 5.92 Å². The zero-order chi connectivity index (χ0) is 15.9. The van der Waals surface area contributed by atoms with Crippen molar-refractivity contribution in [1.29, 1.82) is 10.5 Å². The summed E-state index contributed by atoms with van der Waals surface area (Å²) in [5.41, 5.74) is 0. The molecule has 2 rings (SSSR count). The number of nitrogens with zero attached hydrogens (tertiary/aromatic N) is 6. The summed E-state index contributed by atoms with van der Waals surface area (Å²) in [6.07, 6.45) is 2.18. The summed E-state index contributed by atoms with van der Waals surface area (Å²) in [4.78, 5) is 8.78. The minimum Gasteiger partial charge on any atom is -0.340 e. The van der Waals surface area contributed by atoms with E-state index in [0.29, 0.717) is 37.1 Å². The van der Waals surface area contributed by atoms with Crippen LogP contribution in [-0.2, 0) is 6.54 Å². The zero-order valence-corrected chi connectivity index (χ0v) is 13.2. The Hall–Kier alpha value is -1.96. The van der Waals surface area contributed by atoms with Gasteiger partial charge in [-0.05, 0) is 26.4 Å². The summed E-state index contributed by atoms with van der Waals surface area (Å²) in [7, 11) is 2.07. The Morgan fingerprint density at radius 2 is 2.32 bits per heavy atom. The van der Waals surface area contributed by atoms with Crippen LogP contribution in [-0.4, -0.2) is 52.7 Å². The minimum atomic E-state index is -0.0523. The van der Waals surface area contributed by atoms with Gasteiger partial charge in [0.15, 0.2) is 5.82 Å². The van der Waals surface area contributed by atoms with Crippen LogP contribution in [0.1, 0.15) is 31.0 Å². The molecule has 0 spiro atoms. The maximum Gasteiger partial charge on any atom is 0.223 e. The number of nitriles is 2. The van der Waals surface area contributed by atoms with Crippen LogP contribution in [0.15, 0.2) is 4.52 Å². The average Bonchev–Trinajstić information content (AvgIpc) is 3.12. The molecule has 0 bridgehead atoms. The van der Waals surface area contributed by atoms with E-state index in [9.17, 15) is 0 Å². The van der Waals surface area contributed by atoms with Gasteiger partial charge in [-0.15, -0.1) is 0 Å². The van der Waals surface area contributed by atoms with Gasteiger partial charge in [0, 0.05) is 32.5 Å². The SMILES string of the molecule is Cc1nc(CN(C)[C@H]2CCN(C[C@H](C#N)CCC#N)C2)no1. The van der Waals surface area contributed by atoms with Gasteiger partial charge < -0.3 is 9.42 Å². The third-order valence-corrected chi connectivity index (χ3v) is 4.10. The van der Waals surface area contributed by atoms with E-state index in [2.05, 4.69) is 39.1 Å². The van der Waals surface area contributed by atoms with Crippen molar-refractivity contribution in [2.24, 2.45) is 5.92 Å². The van der Waals surface area contributed by atoms with E-state index in [0.717, 1.165) is 26.1 Å². The highest BCUT2D eigenvalue weighted by Gasteiger charge is 2.27. The van der Waals surface area contributed by atoms with Crippen LogP contribution in [0.2, 0.25) is 0 Å². The molecule has 7 heteroatoms. The van der Waals surface area contributed by atoms with Gasteiger partial charge in [0.25, 0.3) is 0 Å². The van der Waals surface area contributed by atoms with Crippen molar-refractivity contribution in [1.82, 2.24) is 19.9 Å². The van der Waals surface area contributed by atoms with E-state index in [1.165, 1.54) is 0 Å². The molecule has 22 heavy (non-hydrogen) atoms. The molecule has 1 aliphatic heterocycles. The molecule has 0 aromatic carbocycles. The van der Waals surface area contributed by atoms with Crippen molar-refractivity contribution in [2.45, 2.75) is 38.8 Å². The Balaban J connectivity index is 1.79. The number of hydrogen-bond donors (Lipinski definition) is 0. The molecule has 1 aromatic rings. The third-order valence-electron chi connectivity index (χ3n) is 4.10. The lowest BCUT2D eigenvalue weighted by Gasteiger charge is -2.24. The first-order valence-electron chi connectivity index (χ1n) is 7.60. The summed E-state index contributed by atoms with van der Waals surface area (Å²) in [5.74, 6) is 1.25. The fourth-order valence-corrected chi connectivity index (χ4v) is 2.84. The minimum absolute atomic E-state index is 0.0523. The number of likely N-dealkylation sites (N-methyl/N-ethyl adjacent to an activating group) is 1. The molecule has 0 unspecified atom stereocenters. The predicted octanol–water partition coefficient (Wildman–Crippen LogP) is 1.33. The molecule has 2 heterocycles. The topological polar surface area (TPSA) is 93.0 Å². The number of rotatable bonds is 7. The highest BCUT2D eigenvalue weighted by molar-refractivity contribution is 4.92. The molecule has 7 nitrogen and oxygen atoms in total. The predicted molar refractivity (Wildman–Crippen MR) is 79.3 cm³/mol. The average molecular weight is 302 g/mol. The molecule has 0 aliphatic carbocycles. The second kappa shape index (κ2) is 7.88. The number of aryl methyl sites for hydroxylation is 1. The molecular weight excluding hydrogens is 280 g/mol. The first-order chi connectivity index (χ1) is 10.6. The molecule has 118 valence electrons. The van der Waals surface area contributed by atoms with Crippen LogP contribution >= 0.6 is 0 Å². The summed E-state index contributed by atoms with van der Waals surface area (Å²) in [5, 5.41) is 21.7. The van der Waals surface area contributed by atoms with Crippen LogP contribution in [0.25, 0.3) is 0 Å². The highest BCUT2D eigenvalue weighted by atomic mass is 16.5. The van der Waals surface area contributed by atoms with E-state index >= 15 is 0 Å². The lowest BCUT2D eigenvalue weighted by molar-refractivity contribution is 0.212. The van der Waals surface area contributed by atoms with Gasteiger partial charge >= 0.3 is 0 Å². The summed E-state index contributed by atoms with van der Waals surface area (Å²) in [6.45, 7) is 5.15. The van der Waals surface area contributed by atoms with Gasteiger partial charge in [0.2, 0.25) is 5.89 Å². The van der Waals surface area contributed by atoms with Crippen molar-refractivity contribution in [3.63, 3.8) is 0 Å². The van der Waals surface area contributed by atoms with Crippen LogP contribution in [0.4, 0.5) is 0 Å². The maximum absolute atomic E-state index is 9.16. The molecule has 0 saturated carbocycles. The second-order valence-corrected chi connectivity index (χ2v) is 5.87. The van der Waals surface area contributed by atoms with Crippen molar-refractivity contribution in [2.75, 3.05) is 26.7 Å². The number of aromatic nitrogens is 2. The van der Waals surface area contributed by atoms with E-state index in [4.69, 9.17) is 15.0 Å². The number of hydrogen-bond acceptors (Lipinski definition) is 7. The van der Waals surface area contributed by atoms with Crippen LogP contribution in [0, 0.1) is 35.5 Å². The Kier molecular flexibility index (Phi) is 5.88. The monoisotopic (exact) mass is 302 g/mol. The molecule has 1 aromatic heterocycles. The summed E-state index contributed by atoms with van der Waals surface area (Å²) < 4.78 is 4.99. The van der Waals surface area contributed by atoms with Gasteiger partial charge in [-0.3, -0.25) is 4.90 Å². The van der Waals surface area contributed by atoms with E-state index < -0.39 is 0 Å². The molecule has 1 aliphatic rings. The Morgan fingerprint density at radius 1 is 1.50 bits per heavy atom. The lowest BCUT2D eigenvalue weighted by Crippen LogP contribution is -2.35. The fourth-order valence-electron chi connectivity index (χ4n) is 2.84. The summed E-state index contributed by atoms with van der Waals surface area (Å²) in [6, 6.07) is 4.86. The smallest absolute Gasteiger partial charge is 0.223 e. The standard InChI is InChI=1S/C15H22N6O/c1-12-18-15(19-22-12)11-20(2)14-5-7-21(10-14)9-13(8-17)4-3-6-16/h13-14H,3-5,7,9-11H2,1-2H3/t13-,14-/m0/s1. The normalized spacial score (nSPS) is 20.0. The maximum atomic E-state index is 9.16. The van der Waals surface area contributed by atoms with Crippen LogP contribution in [0.5, 0.6) is 0 Å². The van der Waals surface area contributed by atoms with Gasteiger partial charge in [0.1, 0.15) is 0 Å². The lowest BCUT2D eigenvalue weighted by atomic mass is 10.1. The highest BCUT2D eigenvalue weighted by Crippen LogP contribution is 2.18. The first-order valence-corrected chi connectivity index (χ1v) is 7.60. The van der Waals surface area contributed by atoms with Gasteiger partial charge in [-0.25, -0.2) is 0 Å². The molecule has 0 N–H and O–H groups in total. The summed E-state index contributed by atoms with van der Waals surface area (Å²) >= 11 is 0. The van der Waals surface area contributed by atoms with Crippen molar-refractivity contribution >= 4 is 0 Å². The van der Waals surface area contributed by atoms with Crippen molar-refractivity contribution < 1.29 is 4.52 Å². The molecular formula is C15H22N6O. The van der Waals surface area contributed by atoms with Crippen LogP contribution < -0.4 is 0 Å². The molecule has 0 radical (unpaired) electrons. The van der Waals surface area contributed by atoms with Crippen LogP contribution in [0.3, 0.4) is 0 Å². The Bertz CT molecular complexity index is 557. The second-order valence-electron chi connectivity index (χ2n) is 5.87. The van der Waals surface area contributed by atoms with Crippen molar-refractivity contribution in [3.05, 3.63) is 11.7 Å². The first kappa shape index (κ1) is 16.4. The number of likely N-dealkylation sites (tertiary alicyclic amines) is 1. The van der Waals surface area contributed by atoms with Gasteiger partial charge in [-0.1, -0.05) is 5.16 Å². The van der Waals surface area contributed by atoms with Gasteiger partial charge in [0.05, 0.1) is 24.6 Å². The molecule has 1 fully saturated rings. The quantitative estimate of drug-likeness (QED) is 0.750. The van der Waals surface area contributed by atoms with Gasteiger partial charge in [-0.2, -0.15) is 15.5 Å². The largest absolute Gasteiger partial charge is 0.340 e. The fraction of sp³-hybridized carbons (Fsp3) is 0.733. The third kappa shape index (κ3) is 4.52. The molecule has 1 saturated heterocycles. The molecule has 0 amide bonds. The van der Waals surface area contributed by atoms with E-state index in [1.807, 2.05) is 0 Å².